The van der Waals surface area contributed by atoms with Gasteiger partial charge in [0, 0.05) is 12.7 Å². The van der Waals surface area contributed by atoms with Crippen LogP contribution in [-0.2, 0) is 14.3 Å². The lowest BCUT2D eigenvalue weighted by Crippen LogP contribution is -2.44. The second kappa shape index (κ2) is 6.10. The summed E-state index contributed by atoms with van der Waals surface area (Å²) in [6.07, 6.45) is 1.86. The number of Topliss-reactive ketones (excluding diaryl/α,β-unsaturated/α-hetero) is 1. The molecule has 0 saturated carbocycles. The van der Waals surface area contributed by atoms with Crippen molar-refractivity contribution in [3.05, 3.63) is 23.7 Å². The number of ether oxygens (including phenoxy) is 1. The summed E-state index contributed by atoms with van der Waals surface area (Å²) in [7, 11) is 0. The molecule has 0 bridgehead atoms. The van der Waals surface area contributed by atoms with Gasteiger partial charge in [-0.1, -0.05) is 11.6 Å². The fourth-order valence-corrected chi connectivity index (χ4v) is 2.04. The fourth-order valence-electron chi connectivity index (χ4n) is 2.04. The van der Waals surface area contributed by atoms with Crippen molar-refractivity contribution in [2.24, 2.45) is 5.92 Å². The summed E-state index contributed by atoms with van der Waals surface area (Å²) in [4.78, 5) is 36.6. The van der Waals surface area contributed by atoms with Crippen LogP contribution in [0.2, 0.25) is 0 Å². The number of piperidine rings is 1. The van der Waals surface area contributed by atoms with E-state index in [1.165, 1.54) is 12.3 Å². The van der Waals surface area contributed by atoms with Gasteiger partial charge in [-0.15, -0.1) is 0 Å². The predicted molar refractivity (Wildman–Crippen MR) is 70.3 cm³/mol. The van der Waals surface area contributed by atoms with Crippen LogP contribution in [0.5, 0.6) is 0 Å². The van der Waals surface area contributed by atoms with Gasteiger partial charge in [-0.3, -0.25) is 9.59 Å². The Morgan fingerprint density at radius 2 is 2.45 bits per heavy atom. The minimum absolute atomic E-state index is 0.0605. The Kier molecular flexibility index (Phi) is 4.25. The first-order valence-corrected chi connectivity index (χ1v) is 6.30. The Labute approximate surface area is 116 Å². The highest BCUT2D eigenvalue weighted by Gasteiger charge is 2.35. The minimum Gasteiger partial charge on any atom is -0.465 e. The van der Waals surface area contributed by atoms with Crippen LogP contribution in [0.25, 0.3) is 4.85 Å². The molecule has 1 atom stereocenters. The first-order valence-electron chi connectivity index (χ1n) is 6.30. The molecule has 1 aromatic rings. The Hall–Kier alpha value is -2.49. The van der Waals surface area contributed by atoms with E-state index in [-0.39, 0.29) is 24.8 Å². The van der Waals surface area contributed by atoms with Crippen LogP contribution >= 0.6 is 0 Å². The average molecular weight is 274 g/mol. The van der Waals surface area contributed by atoms with E-state index in [9.17, 15) is 9.59 Å². The zero-order chi connectivity index (χ0) is 14.5. The van der Waals surface area contributed by atoms with Crippen molar-refractivity contribution in [3.63, 3.8) is 0 Å². The van der Waals surface area contributed by atoms with Crippen molar-refractivity contribution in [2.75, 3.05) is 24.6 Å². The average Bonchev–Trinajstić information content (AvgIpc) is 2.47. The summed E-state index contributed by atoms with van der Waals surface area (Å²) in [6.45, 7) is 9.44. The molecule has 1 fully saturated rings. The molecule has 0 aliphatic carbocycles. The van der Waals surface area contributed by atoms with E-state index in [0.717, 1.165) is 0 Å². The lowest BCUT2D eigenvalue weighted by molar-refractivity contribution is -0.152. The van der Waals surface area contributed by atoms with Gasteiger partial charge in [0.15, 0.2) is 5.78 Å². The third-order valence-corrected chi connectivity index (χ3v) is 3.02. The van der Waals surface area contributed by atoms with Gasteiger partial charge in [-0.25, -0.2) is 4.98 Å². The van der Waals surface area contributed by atoms with Gasteiger partial charge in [-0.2, -0.15) is 0 Å². The van der Waals surface area contributed by atoms with Gasteiger partial charge in [0.05, 0.1) is 13.2 Å². The molecule has 7 nitrogen and oxygen atoms in total. The summed E-state index contributed by atoms with van der Waals surface area (Å²) in [5.41, 5.74) is 0. The summed E-state index contributed by atoms with van der Waals surface area (Å²) in [5, 5.41) is 0. The lowest BCUT2D eigenvalue weighted by atomic mass is 9.96. The largest absolute Gasteiger partial charge is 0.465 e. The molecule has 0 amide bonds. The number of ketones is 1. The standard InChI is InChI=1S/C13H14N4O3/c1-3-20-12(19)9-5-7-17(8-10(9)18)13-15-6-4-11(14-2)16-13/h4,6,9H,3,5,7-8H2,1H3. The minimum atomic E-state index is -0.699. The Morgan fingerprint density at radius 3 is 3.10 bits per heavy atom. The van der Waals surface area contributed by atoms with E-state index >= 15 is 0 Å². The molecule has 1 saturated heterocycles. The Morgan fingerprint density at radius 1 is 1.65 bits per heavy atom. The molecule has 2 heterocycles. The highest BCUT2D eigenvalue weighted by molar-refractivity contribution is 6.01. The predicted octanol–water partition coefficient (Wildman–Crippen LogP) is 0.986. The number of anilines is 1. The van der Waals surface area contributed by atoms with Crippen LogP contribution in [0.15, 0.2) is 12.3 Å². The molecule has 104 valence electrons. The molecule has 1 aromatic heterocycles. The number of rotatable bonds is 3. The number of aromatic nitrogens is 2. The van der Waals surface area contributed by atoms with Crippen LogP contribution in [0.4, 0.5) is 11.8 Å². The van der Waals surface area contributed by atoms with Gasteiger partial charge in [-0.05, 0) is 19.4 Å². The van der Waals surface area contributed by atoms with E-state index in [4.69, 9.17) is 11.3 Å². The number of nitrogens with zero attached hydrogens (tertiary/aromatic N) is 4. The third-order valence-electron chi connectivity index (χ3n) is 3.02. The van der Waals surface area contributed by atoms with Gasteiger partial charge in [0.1, 0.15) is 5.92 Å². The first kappa shape index (κ1) is 13.9. The monoisotopic (exact) mass is 274 g/mol. The van der Waals surface area contributed by atoms with Crippen molar-refractivity contribution in [3.8, 4) is 0 Å². The number of carbonyl (C=O) groups is 2. The Balaban J connectivity index is 2.07. The summed E-state index contributed by atoms with van der Waals surface area (Å²) < 4.78 is 4.88. The van der Waals surface area contributed by atoms with Gasteiger partial charge in [0.25, 0.3) is 5.82 Å². The topological polar surface area (TPSA) is 76.8 Å². The maximum atomic E-state index is 12.0. The Bertz CT molecular complexity index is 567. The van der Waals surface area contributed by atoms with E-state index < -0.39 is 11.9 Å². The second-order valence-electron chi connectivity index (χ2n) is 4.31. The van der Waals surface area contributed by atoms with E-state index in [2.05, 4.69) is 14.8 Å². The highest BCUT2D eigenvalue weighted by atomic mass is 16.5. The normalized spacial score (nSPS) is 18.5. The molecule has 0 N–H and O–H groups in total. The van der Waals surface area contributed by atoms with Gasteiger partial charge in [0.2, 0.25) is 0 Å². The first-order chi connectivity index (χ1) is 9.65. The maximum absolute atomic E-state index is 12.0. The van der Waals surface area contributed by atoms with Crippen LogP contribution in [0, 0.1) is 12.5 Å². The van der Waals surface area contributed by atoms with Crippen molar-refractivity contribution < 1.29 is 14.3 Å². The molecule has 7 heteroatoms. The molecule has 1 aliphatic heterocycles. The SMILES string of the molecule is [C-]#[N+]c1ccnc(N2CCC(C(=O)OCC)C(=O)C2)n1. The van der Waals surface area contributed by atoms with E-state index in [0.29, 0.717) is 18.9 Å². The number of esters is 1. The lowest BCUT2D eigenvalue weighted by Gasteiger charge is -2.28. The highest BCUT2D eigenvalue weighted by Crippen LogP contribution is 2.20. The molecular weight excluding hydrogens is 260 g/mol. The third kappa shape index (κ3) is 2.91. The van der Waals surface area contributed by atoms with Gasteiger partial charge < -0.3 is 14.5 Å². The molecule has 0 radical (unpaired) electrons. The zero-order valence-electron chi connectivity index (χ0n) is 11.1. The fraction of sp³-hybridized carbons (Fsp3) is 0.462. The summed E-state index contributed by atoms with van der Waals surface area (Å²) in [6, 6.07) is 1.50. The smallest absolute Gasteiger partial charge is 0.322 e. The molecule has 0 aromatic carbocycles. The number of carbonyl (C=O) groups excluding carboxylic acids is 2. The molecule has 2 rings (SSSR count). The van der Waals surface area contributed by atoms with Crippen molar-refractivity contribution in [1.29, 1.82) is 0 Å². The molecule has 1 unspecified atom stereocenters. The van der Waals surface area contributed by atoms with Crippen LogP contribution < -0.4 is 4.90 Å². The molecule has 1 aliphatic rings. The zero-order valence-corrected chi connectivity index (χ0v) is 11.1. The summed E-state index contributed by atoms with van der Waals surface area (Å²) in [5.74, 6) is -0.793. The quantitative estimate of drug-likeness (QED) is 0.464. The molecule has 20 heavy (non-hydrogen) atoms. The van der Waals surface area contributed by atoms with Gasteiger partial charge >= 0.3 is 11.9 Å². The van der Waals surface area contributed by atoms with Crippen LogP contribution in [0.1, 0.15) is 13.3 Å². The van der Waals surface area contributed by atoms with Crippen molar-refractivity contribution in [1.82, 2.24) is 9.97 Å². The van der Waals surface area contributed by atoms with E-state index in [1.54, 1.807) is 11.8 Å². The molecular formula is C13H14N4O3. The van der Waals surface area contributed by atoms with Crippen molar-refractivity contribution >= 4 is 23.5 Å². The van der Waals surface area contributed by atoms with Crippen LogP contribution in [-0.4, -0.2) is 41.4 Å². The molecule has 0 spiro atoms. The van der Waals surface area contributed by atoms with Crippen LogP contribution in [0.3, 0.4) is 0 Å². The van der Waals surface area contributed by atoms with Crippen molar-refractivity contribution in [2.45, 2.75) is 13.3 Å². The number of hydrogen-bond acceptors (Lipinski definition) is 6. The van der Waals surface area contributed by atoms with E-state index in [1.807, 2.05) is 0 Å². The summed E-state index contributed by atoms with van der Waals surface area (Å²) >= 11 is 0. The maximum Gasteiger partial charge on any atom is 0.322 e. The second-order valence-corrected chi connectivity index (χ2v) is 4.31. The number of hydrogen-bond donors (Lipinski definition) is 0.